The smallest absolute Gasteiger partial charge is 0.274 e. The van der Waals surface area contributed by atoms with Crippen molar-refractivity contribution in [3.63, 3.8) is 0 Å². The summed E-state index contributed by atoms with van der Waals surface area (Å²) in [5, 5.41) is 21.6. The summed E-state index contributed by atoms with van der Waals surface area (Å²) in [6.45, 7) is 1.85. The second kappa shape index (κ2) is 3.91. The summed E-state index contributed by atoms with van der Waals surface area (Å²) in [5.41, 5.74) is 0. The number of rotatable bonds is 3. The van der Waals surface area contributed by atoms with Crippen molar-refractivity contribution in [2.24, 2.45) is 0 Å². The molecule has 6 heteroatoms. The highest BCUT2D eigenvalue weighted by Gasteiger charge is 2.17. The van der Waals surface area contributed by atoms with Gasteiger partial charge in [-0.1, -0.05) is 0 Å². The lowest BCUT2D eigenvalue weighted by Crippen LogP contribution is -2.24. The van der Waals surface area contributed by atoms with Crippen LogP contribution in [0.2, 0.25) is 0 Å². The van der Waals surface area contributed by atoms with Gasteiger partial charge in [0.1, 0.15) is 0 Å². The summed E-state index contributed by atoms with van der Waals surface area (Å²) in [4.78, 5) is 11.3. The maximum absolute atomic E-state index is 10.1. The van der Waals surface area contributed by atoms with Crippen molar-refractivity contribution in [3.05, 3.63) is 22.1 Å². The molecule has 0 unspecified atom stereocenters. The molecule has 0 aromatic carbocycles. The molecule has 0 aromatic heterocycles. The quantitative estimate of drug-likeness (QED) is 0.421. The molecule has 1 rings (SSSR count). The molecular weight excluding hydrogens is 162 g/mol. The number of nitrogens with one attached hydrogen (secondary N) is 1. The van der Waals surface area contributed by atoms with E-state index in [1.54, 1.807) is 4.90 Å². The summed E-state index contributed by atoms with van der Waals surface area (Å²) in [7, 11) is 0. The molecule has 0 radical (unpaired) electrons. The van der Waals surface area contributed by atoms with E-state index in [4.69, 9.17) is 5.11 Å². The fourth-order valence-corrected chi connectivity index (χ4v) is 1.13. The van der Waals surface area contributed by atoms with E-state index < -0.39 is 4.92 Å². The molecule has 0 bridgehead atoms. The maximum atomic E-state index is 10.1. The van der Waals surface area contributed by atoms with E-state index in [9.17, 15) is 10.1 Å². The van der Waals surface area contributed by atoms with E-state index >= 15 is 0 Å². The number of aliphatic hydroxyl groups is 1. The lowest BCUT2D eigenvalue weighted by atomic mass is 10.5. The third kappa shape index (κ3) is 2.09. The normalized spacial score (nSPS) is 19.8. The van der Waals surface area contributed by atoms with Crippen LogP contribution in [-0.2, 0) is 0 Å². The van der Waals surface area contributed by atoms with Crippen molar-refractivity contribution in [2.75, 3.05) is 26.2 Å². The molecule has 0 saturated carbocycles. The lowest BCUT2D eigenvalue weighted by molar-refractivity contribution is -0.404. The number of aliphatic hydroxyl groups excluding tert-OH is 1. The van der Waals surface area contributed by atoms with E-state index in [0.29, 0.717) is 25.5 Å². The first-order valence-electron chi connectivity index (χ1n) is 3.69. The molecule has 1 aliphatic heterocycles. The Morgan fingerprint density at radius 2 is 2.58 bits per heavy atom. The largest absolute Gasteiger partial charge is 0.395 e. The number of β-amino-alcohol motifs (C(OH)–C–C–N with tert-alkyl or cyclic N) is 1. The van der Waals surface area contributed by atoms with Gasteiger partial charge in [0.25, 0.3) is 6.20 Å². The number of nitro groups is 1. The standard InChI is InChI=1S/C6H11N3O3/c10-4-3-8-2-1-7-6(8)5-9(11)12/h5,7,10H,1-4H2/b6-5+. The van der Waals surface area contributed by atoms with Gasteiger partial charge in [0.05, 0.1) is 11.5 Å². The molecule has 0 atom stereocenters. The summed E-state index contributed by atoms with van der Waals surface area (Å²) >= 11 is 0. The SMILES string of the molecule is O=[N+]([O-])/C=C1\NCCN1CCO. The summed E-state index contributed by atoms with van der Waals surface area (Å²) < 4.78 is 0. The van der Waals surface area contributed by atoms with Crippen LogP contribution >= 0.6 is 0 Å². The van der Waals surface area contributed by atoms with Gasteiger partial charge in [-0.05, 0) is 0 Å². The molecule has 0 amide bonds. The highest BCUT2D eigenvalue weighted by atomic mass is 16.6. The highest BCUT2D eigenvalue weighted by molar-refractivity contribution is 4.99. The Labute approximate surface area is 69.6 Å². The first kappa shape index (κ1) is 8.79. The molecule has 1 fully saturated rings. The van der Waals surface area contributed by atoms with Crippen LogP contribution in [0.15, 0.2) is 12.0 Å². The van der Waals surface area contributed by atoms with Gasteiger partial charge in [-0.25, -0.2) is 0 Å². The first-order valence-corrected chi connectivity index (χ1v) is 3.69. The molecule has 0 aromatic rings. The van der Waals surface area contributed by atoms with Crippen LogP contribution in [0.4, 0.5) is 0 Å². The lowest BCUT2D eigenvalue weighted by Gasteiger charge is -2.14. The second-order valence-electron chi connectivity index (χ2n) is 2.44. The molecule has 6 nitrogen and oxygen atoms in total. The Morgan fingerprint density at radius 3 is 3.17 bits per heavy atom. The van der Waals surface area contributed by atoms with Crippen LogP contribution in [0.3, 0.4) is 0 Å². The number of nitrogens with zero attached hydrogens (tertiary/aromatic N) is 2. The van der Waals surface area contributed by atoms with Crippen molar-refractivity contribution >= 4 is 0 Å². The van der Waals surface area contributed by atoms with Gasteiger partial charge in [0, 0.05) is 19.6 Å². The Hall–Kier alpha value is -1.30. The monoisotopic (exact) mass is 173 g/mol. The zero-order valence-corrected chi connectivity index (χ0v) is 6.56. The van der Waals surface area contributed by atoms with Gasteiger partial charge < -0.3 is 15.3 Å². The molecule has 1 aliphatic rings. The molecular formula is C6H11N3O3. The molecule has 0 aliphatic carbocycles. The van der Waals surface area contributed by atoms with Crippen LogP contribution in [-0.4, -0.2) is 41.2 Å². The Morgan fingerprint density at radius 1 is 1.83 bits per heavy atom. The van der Waals surface area contributed by atoms with Gasteiger partial charge in [0.2, 0.25) is 0 Å². The van der Waals surface area contributed by atoms with Crippen molar-refractivity contribution < 1.29 is 10.0 Å². The van der Waals surface area contributed by atoms with Crippen LogP contribution in [0.25, 0.3) is 0 Å². The number of hydrogen-bond acceptors (Lipinski definition) is 5. The fourth-order valence-electron chi connectivity index (χ4n) is 1.13. The third-order valence-electron chi connectivity index (χ3n) is 1.63. The van der Waals surface area contributed by atoms with E-state index in [0.717, 1.165) is 6.20 Å². The maximum Gasteiger partial charge on any atom is 0.274 e. The molecule has 12 heavy (non-hydrogen) atoms. The van der Waals surface area contributed by atoms with E-state index in [-0.39, 0.29) is 6.61 Å². The summed E-state index contributed by atoms with van der Waals surface area (Å²) in [5.74, 6) is 0.481. The van der Waals surface area contributed by atoms with E-state index in [2.05, 4.69) is 5.32 Å². The topological polar surface area (TPSA) is 78.6 Å². The minimum atomic E-state index is -0.502. The molecule has 0 spiro atoms. The van der Waals surface area contributed by atoms with Gasteiger partial charge in [-0.15, -0.1) is 0 Å². The molecule has 68 valence electrons. The zero-order valence-electron chi connectivity index (χ0n) is 6.56. The average molecular weight is 173 g/mol. The molecule has 2 N–H and O–H groups in total. The van der Waals surface area contributed by atoms with Gasteiger partial charge in [-0.2, -0.15) is 0 Å². The highest BCUT2D eigenvalue weighted by Crippen LogP contribution is 2.05. The van der Waals surface area contributed by atoms with Crippen molar-refractivity contribution in [1.82, 2.24) is 10.2 Å². The Bertz CT molecular complexity index is 204. The van der Waals surface area contributed by atoms with E-state index in [1.807, 2.05) is 0 Å². The number of hydrogen-bond donors (Lipinski definition) is 2. The minimum absolute atomic E-state index is 0.0106. The average Bonchev–Trinajstić information content (AvgIpc) is 2.37. The van der Waals surface area contributed by atoms with E-state index in [1.165, 1.54) is 0 Å². The van der Waals surface area contributed by atoms with Crippen LogP contribution < -0.4 is 5.32 Å². The molecule has 1 saturated heterocycles. The molecule has 1 heterocycles. The predicted octanol–water partition coefficient (Wildman–Crippen LogP) is -1.04. The predicted molar refractivity (Wildman–Crippen MR) is 41.7 cm³/mol. The third-order valence-corrected chi connectivity index (χ3v) is 1.63. The first-order chi connectivity index (χ1) is 5.74. The van der Waals surface area contributed by atoms with Gasteiger partial charge in [-0.3, -0.25) is 10.1 Å². The summed E-state index contributed by atoms with van der Waals surface area (Å²) in [6.07, 6.45) is 0.919. The van der Waals surface area contributed by atoms with Crippen LogP contribution in [0.5, 0.6) is 0 Å². The van der Waals surface area contributed by atoms with Gasteiger partial charge >= 0.3 is 0 Å². The van der Waals surface area contributed by atoms with Gasteiger partial charge in [0.15, 0.2) is 5.82 Å². The Balaban J connectivity index is 2.57. The second-order valence-corrected chi connectivity index (χ2v) is 2.44. The van der Waals surface area contributed by atoms with Crippen molar-refractivity contribution in [2.45, 2.75) is 0 Å². The van der Waals surface area contributed by atoms with Crippen LogP contribution in [0.1, 0.15) is 0 Å². The minimum Gasteiger partial charge on any atom is -0.395 e. The van der Waals surface area contributed by atoms with Crippen LogP contribution in [0, 0.1) is 10.1 Å². The fraction of sp³-hybridized carbons (Fsp3) is 0.667. The zero-order chi connectivity index (χ0) is 8.97. The summed E-state index contributed by atoms with van der Waals surface area (Å²) in [6, 6.07) is 0. The van der Waals surface area contributed by atoms with Crippen molar-refractivity contribution in [3.8, 4) is 0 Å². The van der Waals surface area contributed by atoms with Crippen molar-refractivity contribution in [1.29, 1.82) is 0 Å². The Kier molecular flexibility index (Phi) is 2.87.